The van der Waals surface area contributed by atoms with Crippen LogP contribution in [0.5, 0.6) is 0 Å². The number of carbonyl (C=O) groups is 1. The highest BCUT2D eigenvalue weighted by Crippen LogP contribution is 2.35. The van der Waals surface area contributed by atoms with Crippen LogP contribution in [0, 0.1) is 10.1 Å². The molecule has 0 saturated heterocycles. The van der Waals surface area contributed by atoms with Crippen LogP contribution >= 0.6 is 11.6 Å². The highest BCUT2D eigenvalue weighted by molar-refractivity contribution is 6.33. The monoisotopic (exact) mass is 300 g/mol. The van der Waals surface area contributed by atoms with E-state index in [1.165, 1.54) is 19.2 Å². The first kappa shape index (κ1) is 16.2. The highest BCUT2D eigenvalue weighted by Gasteiger charge is 2.35. The number of rotatable bonds is 6. The Bertz CT molecular complexity index is 521. The molecular formula is C13H17ClN2O4. The molecule has 0 fully saturated rings. The number of hydrogen-bond donors (Lipinski definition) is 1. The molecule has 0 aromatic heterocycles. The normalized spacial score (nSPS) is 13.4. The van der Waals surface area contributed by atoms with E-state index in [-0.39, 0.29) is 16.4 Å². The molecule has 0 aliphatic carbocycles. The number of carbonyl (C=O) groups excluding carboxylic acids is 1. The summed E-state index contributed by atoms with van der Waals surface area (Å²) in [4.78, 5) is 22.4. The summed E-state index contributed by atoms with van der Waals surface area (Å²) in [5, 5.41) is 14.0. The van der Waals surface area contributed by atoms with E-state index in [0.29, 0.717) is 12.8 Å². The molecule has 1 rings (SSSR count). The van der Waals surface area contributed by atoms with Crippen molar-refractivity contribution in [3.63, 3.8) is 0 Å². The largest absolute Gasteiger partial charge is 0.467 e. The maximum Gasteiger partial charge on any atom is 0.331 e. The number of nitro benzene ring substituents is 1. The predicted molar refractivity (Wildman–Crippen MR) is 77.1 cm³/mol. The highest BCUT2D eigenvalue weighted by atomic mass is 35.5. The topological polar surface area (TPSA) is 81.5 Å². The summed E-state index contributed by atoms with van der Waals surface area (Å²) in [6, 6.07) is 4.53. The molecule has 6 nitrogen and oxygen atoms in total. The van der Waals surface area contributed by atoms with Gasteiger partial charge in [-0.05, 0) is 25.5 Å². The van der Waals surface area contributed by atoms with Crippen molar-refractivity contribution >= 4 is 28.9 Å². The van der Waals surface area contributed by atoms with Gasteiger partial charge < -0.3 is 10.1 Å². The van der Waals surface area contributed by atoms with Gasteiger partial charge in [0.05, 0.1) is 12.0 Å². The number of methoxy groups -OCH3 is 1. The summed E-state index contributed by atoms with van der Waals surface area (Å²) in [7, 11) is 1.28. The number of ether oxygens (including phenoxy) is 1. The molecule has 7 heteroatoms. The predicted octanol–water partition coefficient (Wildman–Crippen LogP) is 3.39. The van der Waals surface area contributed by atoms with Crippen LogP contribution in [0.25, 0.3) is 0 Å². The first-order chi connectivity index (χ1) is 9.35. The summed E-state index contributed by atoms with van der Waals surface area (Å²) < 4.78 is 4.77. The van der Waals surface area contributed by atoms with Gasteiger partial charge in [-0.25, -0.2) is 4.79 Å². The number of nitrogens with zero attached hydrogens (tertiary/aromatic N) is 1. The lowest BCUT2D eigenvalue weighted by molar-refractivity contribution is -0.383. The van der Waals surface area contributed by atoms with E-state index in [0.717, 1.165) is 0 Å². The second-order valence-corrected chi connectivity index (χ2v) is 5.00. The van der Waals surface area contributed by atoms with Crippen LogP contribution < -0.4 is 5.32 Å². The van der Waals surface area contributed by atoms with Gasteiger partial charge in [-0.15, -0.1) is 0 Å². The fourth-order valence-corrected chi connectivity index (χ4v) is 2.28. The minimum Gasteiger partial charge on any atom is -0.467 e. The lowest BCUT2D eigenvalue weighted by Crippen LogP contribution is -2.44. The molecule has 0 saturated carbocycles. The van der Waals surface area contributed by atoms with E-state index < -0.39 is 16.4 Å². The molecule has 0 radical (unpaired) electrons. The summed E-state index contributed by atoms with van der Waals surface area (Å²) >= 11 is 5.85. The van der Waals surface area contributed by atoms with Crippen LogP contribution in [-0.4, -0.2) is 23.5 Å². The van der Waals surface area contributed by atoms with Crippen LogP contribution in [0.15, 0.2) is 18.2 Å². The molecule has 0 amide bonds. The molecular weight excluding hydrogens is 284 g/mol. The first-order valence-electron chi connectivity index (χ1n) is 6.15. The third-order valence-corrected chi connectivity index (χ3v) is 3.27. The van der Waals surface area contributed by atoms with Gasteiger partial charge in [0.25, 0.3) is 0 Å². The number of anilines is 1. The third-order valence-electron chi connectivity index (χ3n) is 2.97. The molecule has 0 bridgehead atoms. The molecule has 1 aromatic rings. The average Bonchev–Trinajstić information content (AvgIpc) is 2.37. The summed E-state index contributed by atoms with van der Waals surface area (Å²) in [5.74, 6) is -0.478. The Balaban J connectivity index is 3.22. The van der Waals surface area contributed by atoms with E-state index in [2.05, 4.69) is 5.32 Å². The quantitative estimate of drug-likeness (QED) is 0.495. The standard InChI is InChI=1S/C13H17ClN2O4/c1-4-8-13(2,12(17)20-3)15-10-7-5-6-9(14)11(10)16(18)19/h5-7,15H,4,8H2,1-3H3. The van der Waals surface area contributed by atoms with E-state index in [1.54, 1.807) is 13.0 Å². The van der Waals surface area contributed by atoms with Gasteiger partial charge in [0.15, 0.2) is 0 Å². The van der Waals surface area contributed by atoms with Crippen LogP contribution in [0.2, 0.25) is 5.02 Å². The fraction of sp³-hybridized carbons (Fsp3) is 0.462. The van der Waals surface area contributed by atoms with Crippen molar-refractivity contribution in [1.82, 2.24) is 0 Å². The third kappa shape index (κ3) is 3.39. The molecule has 1 atom stereocenters. The Kier molecular flexibility index (Phi) is 5.33. The SMILES string of the molecule is CCCC(C)(Nc1cccc(Cl)c1[N+](=O)[O-])C(=O)OC. The number of para-hydroxylation sites is 1. The van der Waals surface area contributed by atoms with E-state index in [1.807, 2.05) is 6.92 Å². The van der Waals surface area contributed by atoms with E-state index >= 15 is 0 Å². The van der Waals surface area contributed by atoms with Crippen LogP contribution in [0.3, 0.4) is 0 Å². The Morgan fingerprint density at radius 1 is 1.55 bits per heavy atom. The molecule has 1 N–H and O–H groups in total. The number of benzene rings is 1. The zero-order chi connectivity index (χ0) is 15.3. The molecule has 0 aliphatic heterocycles. The van der Waals surface area contributed by atoms with Gasteiger partial charge in [-0.2, -0.15) is 0 Å². The Hall–Kier alpha value is -1.82. The molecule has 0 aliphatic rings. The zero-order valence-electron chi connectivity index (χ0n) is 11.6. The number of esters is 1. The van der Waals surface area contributed by atoms with Crippen LogP contribution in [0.4, 0.5) is 11.4 Å². The smallest absolute Gasteiger partial charge is 0.331 e. The van der Waals surface area contributed by atoms with Gasteiger partial charge >= 0.3 is 11.7 Å². The molecule has 1 unspecified atom stereocenters. The van der Waals surface area contributed by atoms with E-state index in [9.17, 15) is 14.9 Å². The summed E-state index contributed by atoms with van der Waals surface area (Å²) in [6.45, 7) is 3.56. The van der Waals surface area contributed by atoms with Gasteiger partial charge in [0.1, 0.15) is 16.2 Å². The minimum atomic E-state index is -1.04. The number of nitro groups is 1. The lowest BCUT2D eigenvalue weighted by Gasteiger charge is -2.28. The second kappa shape index (κ2) is 6.56. The second-order valence-electron chi connectivity index (χ2n) is 4.59. The Morgan fingerprint density at radius 2 is 2.20 bits per heavy atom. The Labute approximate surface area is 122 Å². The number of hydrogen-bond acceptors (Lipinski definition) is 5. The molecule has 110 valence electrons. The van der Waals surface area contributed by atoms with Gasteiger partial charge in [0, 0.05) is 0 Å². The van der Waals surface area contributed by atoms with Gasteiger partial charge in [-0.1, -0.05) is 31.0 Å². The maximum absolute atomic E-state index is 11.9. The van der Waals surface area contributed by atoms with Crippen molar-refractivity contribution < 1.29 is 14.5 Å². The Morgan fingerprint density at radius 3 is 2.70 bits per heavy atom. The molecule has 0 heterocycles. The van der Waals surface area contributed by atoms with Crippen molar-refractivity contribution in [2.24, 2.45) is 0 Å². The minimum absolute atomic E-state index is 0.0173. The number of halogens is 1. The zero-order valence-corrected chi connectivity index (χ0v) is 12.4. The van der Waals surface area contributed by atoms with E-state index in [4.69, 9.17) is 16.3 Å². The van der Waals surface area contributed by atoms with Gasteiger partial charge in [-0.3, -0.25) is 10.1 Å². The molecule has 0 spiro atoms. The lowest BCUT2D eigenvalue weighted by atomic mass is 9.95. The van der Waals surface area contributed by atoms with Crippen molar-refractivity contribution in [3.8, 4) is 0 Å². The van der Waals surface area contributed by atoms with Crippen LogP contribution in [-0.2, 0) is 9.53 Å². The van der Waals surface area contributed by atoms with Crippen molar-refractivity contribution in [2.75, 3.05) is 12.4 Å². The summed E-state index contributed by atoms with van der Waals surface area (Å²) in [6.07, 6.45) is 1.19. The summed E-state index contributed by atoms with van der Waals surface area (Å²) in [5.41, 5.74) is -1.09. The van der Waals surface area contributed by atoms with Crippen molar-refractivity contribution in [1.29, 1.82) is 0 Å². The number of nitrogens with one attached hydrogen (secondary N) is 1. The van der Waals surface area contributed by atoms with Crippen molar-refractivity contribution in [3.05, 3.63) is 33.3 Å². The first-order valence-corrected chi connectivity index (χ1v) is 6.53. The molecule has 20 heavy (non-hydrogen) atoms. The van der Waals surface area contributed by atoms with Crippen LogP contribution in [0.1, 0.15) is 26.7 Å². The molecule has 1 aromatic carbocycles. The van der Waals surface area contributed by atoms with Gasteiger partial charge in [0.2, 0.25) is 0 Å². The maximum atomic E-state index is 11.9. The fourth-order valence-electron chi connectivity index (χ4n) is 2.04. The van der Waals surface area contributed by atoms with Crippen molar-refractivity contribution in [2.45, 2.75) is 32.2 Å². The average molecular weight is 301 g/mol.